The lowest BCUT2D eigenvalue weighted by Gasteiger charge is -2.13. The summed E-state index contributed by atoms with van der Waals surface area (Å²) in [5, 5.41) is 22.3. The number of nitrogens with one attached hydrogen (secondary N) is 1. The lowest BCUT2D eigenvalue weighted by Crippen LogP contribution is -2.17. The number of phenols is 1. The molecule has 1 amide bonds. The molecule has 0 heterocycles. The minimum atomic E-state index is -0.995. The molecule has 8 heteroatoms. The van der Waals surface area contributed by atoms with Crippen LogP contribution in [0.4, 0.5) is 0 Å². The first-order valence-corrected chi connectivity index (χ1v) is 9.22. The van der Waals surface area contributed by atoms with E-state index in [2.05, 4.69) is 10.5 Å². The van der Waals surface area contributed by atoms with E-state index < -0.39 is 11.9 Å². The number of methoxy groups -OCH3 is 1. The van der Waals surface area contributed by atoms with Gasteiger partial charge in [0.2, 0.25) is 0 Å². The van der Waals surface area contributed by atoms with Crippen molar-refractivity contribution in [3.8, 4) is 17.2 Å². The second-order valence-corrected chi connectivity index (χ2v) is 6.42. The van der Waals surface area contributed by atoms with Gasteiger partial charge >= 0.3 is 5.97 Å². The molecule has 0 fully saturated rings. The van der Waals surface area contributed by atoms with Gasteiger partial charge in [-0.25, -0.2) is 10.2 Å². The van der Waals surface area contributed by atoms with E-state index in [1.54, 1.807) is 30.3 Å². The molecular formula is C23H20N2O6. The van der Waals surface area contributed by atoms with Crippen LogP contribution in [0.25, 0.3) is 0 Å². The van der Waals surface area contributed by atoms with Crippen molar-refractivity contribution in [3.63, 3.8) is 0 Å². The van der Waals surface area contributed by atoms with E-state index in [0.29, 0.717) is 22.6 Å². The van der Waals surface area contributed by atoms with Crippen molar-refractivity contribution < 1.29 is 29.3 Å². The fourth-order valence-electron chi connectivity index (χ4n) is 2.69. The zero-order valence-corrected chi connectivity index (χ0v) is 16.6. The summed E-state index contributed by atoms with van der Waals surface area (Å²) in [6, 6.07) is 17.4. The molecule has 0 aliphatic heterocycles. The highest BCUT2D eigenvalue weighted by molar-refractivity contribution is 5.95. The molecule has 0 aromatic heterocycles. The molecule has 158 valence electrons. The summed E-state index contributed by atoms with van der Waals surface area (Å²) >= 11 is 0. The molecular weight excluding hydrogens is 400 g/mol. The predicted molar refractivity (Wildman–Crippen MR) is 114 cm³/mol. The maximum absolute atomic E-state index is 12.1. The van der Waals surface area contributed by atoms with Crippen LogP contribution in [0, 0.1) is 0 Å². The molecule has 3 aromatic carbocycles. The fourth-order valence-corrected chi connectivity index (χ4v) is 2.69. The number of rotatable bonds is 8. The van der Waals surface area contributed by atoms with Crippen LogP contribution in [0.3, 0.4) is 0 Å². The molecule has 0 bridgehead atoms. The van der Waals surface area contributed by atoms with Crippen LogP contribution in [0.1, 0.15) is 31.8 Å². The highest BCUT2D eigenvalue weighted by Gasteiger charge is 2.11. The Bertz CT molecular complexity index is 1090. The monoisotopic (exact) mass is 420 g/mol. The van der Waals surface area contributed by atoms with Gasteiger partial charge in [-0.1, -0.05) is 18.2 Å². The van der Waals surface area contributed by atoms with Crippen molar-refractivity contribution in [2.24, 2.45) is 5.10 Å². The molecule has 3 N–H and O–H groups in total. The number of para-hydroxylation sites is 1. The van der Waals surface area contributed by atoms with Crippen LogP contribution >= 0.6 is 0 Å². The molecule has 8 nitrogen and oxygen atoms in total. The number of hydrazone groups is 1. The maximum atomic E-state index is 12.1. The second-order valence-electron chi connectivity index (χ2n) is 6.42. The number of hydrogen-bond donors (Lipinski definition) is 3. The van der Waals surface area contributed by atoms with E-state index >= 15 is 0 Å². The van der Waals surface area contributed by atoms with Crippen molar-refractivity contribution in [1.29, 1.82) is 0 Å². The number of carbonyl (C=O) groups is 2. The number of carboxylic acids is 1. The average molecular weight is 420 g/mol. The van der Waals surface area contributed by atoms with Crippen LogP contribution in [-0.4, -0.2) is 35.4 Å². The summed E-state index contributed by atoms with van der Waals surface area (Å²) < 4.78 is 11.3. The van der Waals surface area contributed by atoms with Gasteiger partial charge in [0.15, 0.2) is 11.5 Å². The largest absolute Gasteiger partial charge is 0.508 e. The Hall–Kier alpha value is -4.33. The summed E-state index contributed by atoms with van der Waals surface area (Å²) in [6.07, 6.45) is 1.43. The Balaban J connectivity index is 1.72. The lowest BCUT2D eigenvalue weighted by atomic mass is 10.1. The molecule has 0 aliphatic carbocycles. The lowest BCUT2D eigenvalue weighted by molar-refractivity contribution is 0.0696. The molecule has 0 radical (unpaired) electrons. The Kier molecular flexibility index (Phi) is 6.85. The quantitative estimate of drug-likeness (QED) is 0.380. The SMILES string of the molecule is COc1cccc(/C=N\NC(=O)c2ccc(O)cc2)c1OCc1ccc(C(=O)O)cc1. The van der Waals surface area contributed by atoms with Crippen LogP contribution in [0.5, 0.6) is 17.2 Å². The van der Waals surface area contributed by atoms with E-state index in [9.17, 15) is 14.7 Å². The summed E-state index contributed by atoms with van der Waals surface area (Å²) in [6.45, 7) is 0.182. The number of amides is 1. The van der Waals surface area contributed by atoms with Gasteiger partial charge in [-0.05, 0) is 54.1 Å². The number of carboxylic acid groups (broad SMARTS) is 1. The number of carbonyl (C=O) groups excluding carboxylic acids is 1. The first-order chi connectivity index (χ1) is 15.0. The first-order valence-electron chi connectivity index (χ1n) is 9.22. The van der Waals surface area contributed by atoms with Crippen LogP contribution < -0.4 is 14.9 Å². The topological polar surface area (TPSA) is 117 Å². The number of aromatic hydroxyl groups is 1. The third-order valence-corrected chi connectivity index (χ3v) is 4.31. The molecule has 0 atom stereocenters. The van der Waals surface area contributed by atoms with Crippen molar-refractivity contribution in [2.45, 2.75) is 6.61 Å². The van der Waals surface area contributed by atoms with E-state index in [1.807, 2.05) is 0 Å². The summed E-state index contributed by atoms with van der Waals surface area (Å²) in [5.74, 6) is -0.452. The molecule has 3 aromatic rings. The van der Waals surface area contributed by atoms with Gasteiger partial charge in [0.1, 0.15) is 12.4 Å². The summed E-state index contributed by atoms with van der Waals surface area (Å²) in [7, 11) is 1.51. The van der Waals surface area contributed by atoms with E-state index in [-0.39, 0.29) is 17.9 Å². The number of nitrogens with zero attached hydrogens (tertiary/aromatic N) is 1. The number of hydrogen-bond acceptors (Lipinski definition) is 6. The maximum Gasteiger partial charge on any atom is 0.335 e. The van der Waals surface area contributed by atoms with Gasteiger partial charge < -0.3 is 19.7 Å². The fraction of sp³-hybridized carbons (Fsp3) is 0.0870. The third kappa shape index (κ3) is 5.60. The van der Waals surface area contributed by atoms with Gasteiger partial charge in [0.25, 0.3) is 5.91 Å². The Morgan fingerprint density at radius 2 is 1.68 bits per heavy atom. The van der Waals surface area contributed by atoms with Crippen LogP contribution in [0.15, 0.2) is 71.8 Å². The highest BCUT2D eigenvalue weighted by Crippen LogP contribution is 2.30. The number of ether oxygens (including phenoxy) is 2. The van der Waals surface area contributed by atoms with E-state index in [4.69, 9.17) is 14.6 Å². The van der Waals surface area contributed by atoms with E-state index in [1.165, 1.54) is 49.7 Å². The summed E-state index contributed by atoms with van der Waals surface area (Å²) in [5.41, 5.74) is 4.31. The normalized spacial score (nSPS) is 10.6. The van der Waals surface area contributed by atoms with Crippen molar-refractivity contribution in [3.05, 3.63) is 89.0 Å². The van der Waals surface area contributed by atoms with Crippen LogP contribution in [-0.2, 0) is 6.61 Å². The summed E-state index contributed by atoms with van der Waals surface area (Å²) in [4.78, 5) is 23.1. The van der Waals surface area contributed by atoms with Gasteiger partial charge in [0, 0.05) is 11.1 Å². The highest BCUT2D eigenvalue weighted by atomic mass is 16.5. The zero-order chi connectivity index (χ0) is 22.2. The molecule has 0 saturated carbocycles. The Morgan fingerprint density at radius 3 is 2.32 bits per heavy atom. The number of aromatic carboxylic acids is 1. The Labute approximate surface area is 178 Å². The number of phenolic OH excluding ortho intramolecular Hbond substituents is 1. The smallest absolute Gasteiger partial charge is 0.335 e. The molecule has 0 spiro atoms. The van der Waals surface area contributed by atoms with Crippen molar-refractivity contribution in [1.82, 2.24) is 5.43 Å². The molecule has 0 unspecified atom stereocenters. The van der Waals surface area contributed by atoms with Gasteiger partial charge in [0.05, 0.1) is 18.9 Å². The van der Waals surface area contributed by atoms with Crippen molar-refractivity contribution >= 4 is 18.1 Å². The zero-order valence-electron chi connectivity index (χ0n) is 16.6. The van der Waals surface area contributed by atoms with Crippen molar-refractivity contribution in [2.75, 3.05) is 7.11 Å². The molecule has 0 aliphatic rings. The van der Waals surface area contributed by atoms with E-state index in [0.717, 1.165) is 5.56 Å². The Morgan fingerprint density at radius 1 is 1.00 bits per heavy atom. The number of benzene rings is 3. The molecule has 3 rings (SSSR count). The standard InChI is InChI=1S/C23H20N2O6/c1-30-20-4-2-3-18(13-24-25-22(27)16-9-11-19(26)12-10-16)21(20)31-14-15-5-7-17(8-6-15)23(28)29/h2-13,26H,14H2,1H3,(H,25,27)(H,28,29)/b24-13-. The van der Waals surface area contributed by atoms with Crippen LogP contribution in [0.2, 0.25) is 0 Å². The second kappa shape index (κ2) is 9.93. The van der Waals surface area contributed by atoms with Gasteiger partial charge in [-0.15, -0.1) is 0 Å². The van der Waals surface area contributed by atoms with Gasteiger partial charge in [-0.2, -0.15) is 5.10 Å². The minimum absolute atomic E-state index is 0.0656. The van der Waals surface area contributed by atoms with Gasteiger partial charge in [-0.3, -0.25) is 4.79 Å². The third-order valence-electron chi connectivity index (χ3n) is 4.31. The minimum Gasteiger partial charge on any atom is -0.508 e. The first kappa shape index (κ1) is 21.4. The average Bonchev–Trinajstić information content (AvgIpc) is 2.78. The predicted octanol–water partition coefficient (Wildman–Crippen LogP) is 3.44. The molecule has 0 saturated heterocycles. The molecule has 31 heavy (non-hydrogen) atoms.